The minimum absolute atomic E-state index is 0.299. The fourth-order valence-electron chi connectivity index (χ4n) is 2.13. The maximum atomic E-state index is 5.43. The Bertz CT molecular complexity index is 404. The van der Waals surface area contributed by atoms with Crippen LogP contribution in [0.5, 0.6) is 0 Å². The van der Waals surface area contributed by atoms with Gasteiger partial charge < -0.3 is 10.2 Å². The molecule has 0 amide bonds. The van der Waals surface area contributed by atoms with Crippen LogP contribution in [0.3, 0.4) is 0 Å². The molecule has 7 heteroatoms. The van der Waals surface area contributed by atoms with E-state index in [1.54, 1.807) is 0 Å². The summed E-state index contributed by atoms with van der Waals surface area (Å²) in [7, 11) is 0. The maximum absolute atomic E-state index is 5.43. The third-order valence-electron chi connectivity index (χ3n) is 3.00. The summed E-state index contributed by atoms with van der Waals surface area (Å²) in [5.74, 6) is 7.62. The first kappa shape index (κ1) is 16.4. The highest BCUT2D eigenvalue weighted by Gasteiger charge is 2.12. The first-order valence-electron chi connectivity index (χ1n) is 7.24. The highest BCUT2D eigenvalue weighted by atomic mass is 15.4. The van der Waals surface area contributed by atoms with Crippen molar-refractivity contribution in [1.82, 2.24) is 15.0 Å². The number of hydrogen-bond donors (Lipinski definition) is 3. The summed E-state index contributed by atoms with van der Waals surface area (Å²) < 4.78 is 0. The monoisotopic (exact) mass is 281 g/mol. The minimum Gasteiger partial charge on any atom is -0.352 e. The number of aromatic nitrogens is 3. The molecule has 1 heterocycles. The third kappa shape index (κ3) is 4.80. The second-order valence-electron chi connectivity index (χ2n) is 5.27. The number of nitrogens with zero attached hydrogens (tertiary/aromatic N) is 4. The van der Waals surface area contributed by atoms with Gasteiger partial charge in [-0.25, -0.2) is 5.84 Å². The van der Waals surface area contributed by atoms with E-state index < -0.39 is 0 Å². The van der Waals surface area contributed by atoms with E-state index in [9.17, 15) is 0 Å². The molecule has 1 aromatic rings. The smallest absolute Gasteiger partial charge is 0.243 e. The van der Waals surface area contributed by atoms with Crippen LogP contribution in [0, 0.1) is 5.92 Å². The second kappa shape index (κ2) is 7.84. The van der Waals surface area contributed by atoms with E-state index in [4.69, 9.17) is 5.84 Å². The number of nitrogens with two attached hydrogens (primary N) is 1. The lowest BCUT2D eigenvalue weighted by Gasteiger charge is -2.21. The van der Waals surface area contributed by atoms with Gasteiger partial charge in [-0.1, -0.05) is 13.8 Å². The number of nitrogens with one attached hydrogen (secondary N) is 2. The van der Waals surface area contributed by atoms with Crippen LogP contribution >= 0.6 is 0 Å². The van der Waals surface area contributed by atoms with Crippen molar-refractivity contribution < 1.29 is 0 Å². The Morgan fingerprint density at radius 2 is 1.65 bits per heavy atom. The Morgan fingerprint density at radius 1 is 1.05 bits per heavy atom. The predicted octanol–water partition coefficient (Wildman–Crippen LogP) is 1.85. The molecular weight excluding hydrogens is 254 g/mol. The zero-order valence-corrected chi connectivity index (χ0v) is 13.1. The van der Waals surface area contributed by atoms with Crippen molar-refractivity contribution in [2.75, 3.05) is 28.7 Å². The average Bonchev–Trinajstić information content (AvgIpc) is 2.38. The molecule has 0 radical (unpaired) electrons. The molecule has 0 fully saturated rings. The first-order chi connectivity index (χ1) is 9.49. The molecule has 0 aliphatic rings. The van der Waals surface area contributed by atoms with E-state index >= 15 is 0 Å². The lowest BCUT2D eigenvalue weighted by molar-refractivity contribution is 0.537. The number of nitrogen functional groups attached to an aromatic ring is 1. The van der Waals surface area contributed by atoms with Crippen LogP contribution in [-0.2, 0) is 0 Å². The van der Waals surface area contributed by atoms with Gasteiger partial charge in [-0.3, -0.25) is 5.43 Å². The first-order valence-corrected chi connectivity index (χ1v) is 7.24. The average molecular weight is 281 g/mol. The summed E-state index contributed by atoms with van der Waals surface area (Å²) >= 11 is 0. The zero-order valence-electron chi connectivity index (χ0n) is 13.1. The SMILES string of the molecule is CCN(CC)c1nc(NN)nc(NC(C)CC(C)C)n1. The molecule has 0 saturated heterocycles. The van der Waals surface area contributed by atoms with Crippen LogP contribution < -0.4 is 21.5 Å². The van der Waals surface area contributed by atoms with E-state index in [1.807, 2.05) is 0 Å². The maximum Gasteiger partial charge on any atom is 0.243 e. The molecule has 114 valence electrons. The van der Waals surface area contributed by atoms with Gasteiger partial charge in [-0.15, -0.1) is 0 Å². The van der Waals surface area contributed by atoms with Crippen LogP contribution in [-0.4, -0.2) is 34.1 Å². The lowest BCUT2D eigenvalue weighted by atomic mass is 10.1. The lowest BCUT2D eigenvalue weighted by Crippen LogP contribution is -2.27. The molecule has 4 N–H and O–H groups in total. The van der Waals surface area contributed by atoms with E-state index in [1.165, 1.54) is 0 Å². The third-order valence-corrected chi connectivity index (χ3v) is 3.00. The van der Waals surface area contributed by atoms with Gasteiger partial charge in [0.2, 0.25) is 17.8 Å². The van der Waals surface area contributed by atoms with Crippen molar-refractivity contribution in [3.63, 3.8) is 0 Å². The Balaban J connectivity index is 2.92. The second-order valence-corrected chi connectivity index (χ2v) is 5.27. The summed E-state index contributed by atoms with van der Waals surface area (Å²) in [6.45, 7) is 12.3. The Morgan fingerprint density at radius 3 is 2.15 bits per heavy atom. The minimum atomic E-state index is 0.299. The highest BCUT2D eigenvalue weighted by molar-refractivity contribution is 5.43. The molecule has 0 aromatic carbocycles. The van der Waals surface area contributed by atoms with Gasteiger partial charge in [0.15, 0.2) is 0 Å². The summed E-state index contributed by atoms with van der Waals surface area (Å²) in [6.07, 6.45) is 1.05. The van der Waals surface area contributed by atoms with Gasteiger partial charge in [-0.2, -0.15) is 15.0 Å². The van der Waals surface area contributed by atoms with Crippen LogP contribution in [0.15, 0.2) is 0 Å². The molecule has 1 rings (SSSR count). The quantitative estimate of drug-likeness (QED) is 0.494. The standard InChI is InChI=1S/C13H27N7/c1-6-20(7-2)13-17-11(16-12(18-13)19-14)15-10(5)8-9(3)4/h9-10H,6-8,14H2,1-5H3,(H2,15,16,17,18,19). The van der Waals surface area contributed by atoms with E-state index in [0.29, 0.717) is 29.8 Å². The molecule has 7 nitrogen and oxygen atoms in total. The van der Waals surface area contributed by atoms with Crippen LogP contribution in [0.25, 0.3) is 0 Å². The highest BCUT2D eigenvalue weighted by Crippen LogP contribution is 2.15. The van der Waals surface area contributed by atoms with Gasteiger partial charge in [0.05, 0.1) is 0 Å². The van der Waals surface area contributed by atoms with Gasteiger partial charge in [-0.05, 0) is 33.1 Å². The van der Waals surface area contributed by atoms with E-state index in [-0.39, 0.29) is 0 Å². The van der Waals surface area contributed by atoms with Crippen LogP contribution in [0.2, 0.25) is 0 Å². The van der Waals surface area contributed by atoms with Gasteiger partial charge in [0.1, 0.15) is 0 Å². The molecule has 20 heavy (non-hydrogen) atoms. The van der Waals surface area contributed by atoms with E-state index in [0.717, 1.165) is 19.5 Å². The van der Waals surface area contributed by atoms with Gasteiger partial charge in [0.25, 0.3) is 0 Å². The van der Waals surface area contributed by atoms with Gasteiger partial charge in [0, 0.05) is 19.1 Å². The fourth-order valence-corrected chi connectivity index (χ4v) is 2.13. The van der Waals surface area contributed by atoms with Crippen LogP contribution in [0.1, 0.15) is 41.0 Å². The van der Waals surface area contributed by atoms with Crippen molar-refractivity contribution in [1.29, 1.82) is 0 Å². The summed E-state index contributed by atoms with van der Waals surface area (Å²) in [4.78, 5) is 15.1. The van der Waals surface area contributed by atoms with Crippen molar-refractivity contribution in [2.24, 2.45) is 11.8 Å². The number of hydrogen-bond acceptors (Lipinski definition) is 7. The summed E-state index contributed by atoms with van der Waals surface area (Å²) in [5.41, 5.74) is 2.50. The Hall–Kier alpha value is -1.63. The molecule has 1 atom stereocenters. The Labute approximate surface area is 121 Å². The topological polar surface area (TPSA) is 92.0 Å². The molecule has 0 saturated carbocycles. The predicted molar refractivity (Wildman–Crippen MR) is 83.7 cm³/mol. The van der Waals surface area contributed by atoms with Crippen molar-refractivity contribution in [3.8, 4) is 0 Å². The summed E-state index contributed by atoms with van der Waals surface area (Å²) in [5, 5.41) is 3.31. The zero-order chi connectivity index (χ0) is 15.1. The van der Waals surface area contributed by atoms with E-state index in [2.05, 4.69) is 65.2 Å². The molecular formula is C13H27N7. The van der Waals surface area contributed by atoms with Crippen molar-refractivity contribution in [3.05, 3.63) is 0 Å². The van der Waals surface area contributed by atoms with Crippen molar-refractivity contribution >= 4 is 17.8 Å². The van der Waals surface area contributed by atoms with Crippen LogP contribution in [0.4, 0.5) is 17.8 Å². The fraction of sp³-hybridized carbons (Fsp3) is 0.769. The molecule has 0 spiro atoms. The molecule has 0 aliphatic heterocycles. The van der Waals surface area contributed by atoms with Crippen molar-refractivity contribution in [2.45, 2.75) is 47.1 Å². The number of rotatable bonds is 8. The molecule has 0 aliphatic carbocycles. The molecule has 0 bridgehead atoms. The Kier molecular flexibility index (Phi) is 6.44. The largest absolute Gasteiger partial charge is 0.352 e. The van der Waals surface area contributed by atoms with Gasteiger partial charge >= 0.3 is 0 Å². The summed E-state index contributed by atoms with van der Waals surface area (Å²) in [6, 6.07) is 0.299. The molecule has 1 aromatic heterocycles. The molecule has 1 unspecified atom stereocenters. The number of anilines is 3. The normalized spacial score (nSPS) is 12.3. The number of hydrazine groups is 1.